The molecule has 29 heavy (non-hydrogen) atoms. The Morgan fingerprint density at radius 2 is 1.97 bits per heavy atom. The number of aryl methyl sites for hydroxylation is 1. The molecule has 1 aliphatic rings. The zero-order valence-corrected chi connectivity index (χ0v) is 16.4. The summed E-state index contributed by atoms with van der Waals surface area (Å²) in [4.78, 5) is 9.45. The fourth-order valence-corrected chi connectivity index (χ4v) is 4.24. The Morgan fingerprint density at radius 1 is 1.17 bits per heavy atom. The number of benzene rings is 1. The molecule has 1 fully saturated rings. The molecule has 6 nitrogen and oxygen atoms in total. The molecule has 7 heteroatoms. The molecule has 1 aromatic carbocycles. The maximum absolute atomic E-state index is 14.6. The fraction of sp³-hybridized carbons (Fsp3) is 0.318. The third-order valence-corrected chi connectivity index (χ3v) is 5.71. The quantitative estimate of drug-likeness (QED) is 0.542. The molecule has 0 aliphatic carbocycles. The SMILES string of the molecule is C[C@@H]1C[C@H](c2ccc3nc(-c4cc5cn(C)nc5c(F)c4O)ccc3n2)CCN1. The highest BCUT2D eigenvalue weighted by molar-refractivity contribution is 5.89. The lowest BCUT2D eigenvalue weighted by molar-refractivity contribution is 0.377. The Labute approximate surface area is 167 Å². The average Bonchev–Trinajstić information content (AvgIpc) is 3.10. The Balaban J connectivity index is 1.56. The zero-order valence-electron chi connectivity index (χ0n) is 16.4. The van der Waals surface area contributed by atoms with Crippen LogP contribution in [0, 0.1) is 5.82 Å². The first-order valence-corrected chi connectivity index (χ1v) is 9.86. The monoisotopic (exact) mass is 391 g/mol. The number of aromatic hydroxyl groups is 1. The predicted molar refractivity (Wildman–Crippen MR) is 110 cm³/mol. The largest absolute Gasteiger partial charge is 0.504 e. The molecule has 0 amide bonds. The minimum Gasteiger partial charge on any atom is -0.504 e. The summed E-state index contributed by atoms with van der Waals surface area (Å²) in [5, 5.41) is 18.5. The van der Waals surface area contributed by atoms with Gasteiger partial charge in [-0.1, -0.05) is 0 Å². The third kappa shape index (κ3) is 3.11. The lowest BCUT2D eigenvalue weighted by Gasteiger charge is -2.27. The number of halogens is 1. The predicted octanol–water partition coefficient (Wildman–Crippen LogP) is 3.88. The Hall–Kier alpha value is -3.06. The van der Waals surface area contributed by atoms with Gasteiger partial charge in [-0.05, 0) is 56.6 Å². The lowest BCUT2D eigenvalue weighted by Crippen LogP contribution is -2.35. The number of hydrogen-bond donors (Lipinski definition) is 2. The van der Waals surface area contributed by atoms with Gasteiger partial charge in [0.2, 0.25) is 0 Å². The molecule has 3 aromatic heterocycles. The molecule has 1 saturated heterocycles. The highest BCUT2D eigenvalue weighted by atomic mass is 19.1. The number of phenols is 1. The Morgan fingerprint density at radius 3 is 2.79 bits per heavy atom. The van der Waals surface area contributed by atoms with E-state index in [-0.39, 0.29) is 5.52 Å². The molecule has 5 rings (SSSR count). The van der Waals surface area contributed by atoms with E-state index in [1.54, 1.807) is 25.4 Å². The highest BCUT2D eigenvalue weighted by Crippen LogP contribution is 2.36. The number of phenolic OH excluding ortho intramolecular Hbond substituents is 1. The summed E-state index contributed by atoms with van der Waals surface area (Å²) in [6.45, 7) is 3.20. The van der Waals surface area contributed by atoms with Crippen molar-refractivity contribution in [3.8, 4) is 17.0 Å². The van der Waals surface area contributed by atoms with E-state index in [0.717, 1.165) is 36.1 Å². The van der Waals surface area contributed by atoms with Crippen LogP contribution in [0.3, 0.4) is 0 Å². The minimum absolute atomic E-state index is 0.150. The van der Waals surface area contributed by atoms with Gasteiger partial charge in [0.15, 0.2) is 11.6 Å². The van der Waals surface area contributed by atoms with Crippen molar-refractivity contribution >= 4 is 21.9 Å². The van der Waals surface area contributed by atoms with E-state index in [1.807, 2.05) is 18.2 Å². The highest BCUT2D eigenvalue weighted by Gasteiger charge is 2.22. The molecule has 4 heterocycles. The molecule has 0 spiro atoms. The van der Waals surface area contributed by atoms with E-state index in [4.69, 9.17) is 4.98 Å². The number of nitrogens with one attached hydrogen (secondary N) is 1. The van der Waals surface area contributed by atoms with Gasteiger partial charge in [-0.15, -0.1) is 0 Å². The number of rotatable bonds is 2. The van der Waals surface area contributed by atoms with Crippen molar-refractivity contribution in [1.29, 1.82) is 0 Å². The molecular formula is C22H22FN5O. The molecule has 2 atom stereocenters. The molecular weight excluding hydrogens is 369 g/mol. The summed E-state index contributed by atoms with van der Waals surface area (Å²) in [5.74, 6) is -0.716. The van der Waals surface area contributed by atoms with Crippen LogP contribution in [0.15, 0.2) is 36.5 Å². The molecule has 0 bridgehead atoms. The summed E-state index contributed by atoms with van der Waals surface area (Å²) in [6, 6.07) is 9.87. The molecule has 0 unspecified atom stereocenters. The lowest BCUT2D eigenvalue weighted by atomic mass is 9.90. The van der Waals surface area contributed by atoms with Crippen molar-refractivity contribution < 1.29 is 9.50 Å². The van der Waals surface area contributed by atoms with Crippen LogP contribution in [0.5, 0.6) is 5.75 Å². The first-order valence-electron chi connectivity index (χ1n) is 9.86. The van der Waals surface area contributed by atoms with Crippen LogP contribution in [0.1, 0.15) is 31.4 Å². The first kappa shape index (κ1) is 18.0. The molecule has 4 aromatic rings. The minimum atomic E-state index is -0.728. The smallest absolute Gasteiger partial charge is 0.193 e. The Bertz CT molecular complexity index is 1240. The van der Waals surface area contributed by atoms with Crippen LogP contribution in [0.25, 0.3) is 33.2 Å². The van der Waals surface area contributed by atoms with Gasteiger partial charge >= 0.3 is 0 Å². The van der Waals surface area contributed by atoms with E-state index in [2.05, 4.69) is 22.3 Å². The number of piperidine rings is 1. The maximum Gasteiger partial charge on any atom is 0.193 e. The number of nitrogens with zero attached hydrogens (tertiary/aromatic N) is 4. The van der Waals surface area contributed by atoms with Crippen LogP contribution < -0.4 is 5.32 Å². The van der Waals surface area contributed by atoms with Gasteiger partial charge in [0.05, 0.1) is 16.7 Å². The van der Waals surface area contributed by atoms with Crippen molar-refractivity contribution in [1.82, 2.24) is 25.1 Å². The molecule has 1 aliphatic heterocycles. The van der Waals surface area contributed by atoms with E-state index in [0.29, 0.717) is 28.6 Å². The number of fused-ring (bicyclic) bond motifs is 2. The van der Waals surface area contributed by atoms with E-state index in [9.17, 15) is 9.50 Å². The standard InChI is InChI=1S/C22H22FN5O/c1-12-9-13(7-8-24-12)16-3-5-19-18(25-16)6-4-17(26-19)15-10-14-11-28(2)27-21(14)20(23)22(15)29/h3-6,10-13,24,29H,7-9H2,1-2H3/t12-,13-/m1/s1. The van der Waals surface area contributed by atoms with E-state index in [1.165, 1.54) is 4.68 Å². The summed E-state index contributed by atoms with van der Waals surface area (Å²) in [7, 11) is 1.72. The first-order chi connectivity index (χ1) is 14.0. The van der Waals surface area contributed by atoms with Gasteiger partial charge in [0.1, 0.15) is 5.52 Å². The van der Waals surface area contributed by atoms with Crippen LogP contribution >= 0.6 is 0 Å². The van der Waals surface area contributed by atoms with Gasteiger partial charge in [0, 0.05) is 41.8 Å². The second-order valence-electron chi connectivity index (χ2n) is 7.87. The van der Waals surface area contributed by atoms with Crippen molar-refractivity contribution in [3.05, 3.63) is 48.0 Å². The zero-order chi connectivity index (χ0) is 20.1. The summed E-state index contributed by atoms with van der Waals surface area (Å²) in [5.41, 5.74) is 3.62. The number of aromatic nitrogens is 4. The number of hydrogen-bond acceptors (Lipinski definition) is 5. The van der Waals surface area contributed by atoms with Crippen LogP contribution in [-0.2, 0) is 7.05 Å². The van der Waals surface area contributed by atoms with E-state index >= 15 is 0 Å². The maximum atomic E-state index is 14.6. The van der Waals surface area contributed by atoms with Crippen LogP contribution in [0.2, 0.25) is 0 Å². The third-order valence-electron chi connectivity index (χ3n) is 5.71. The van der Waals surface area contributed by atoms with Crippen molar-refractivity contribution in [2.24, 2.45) is 7.05 Å². The van der Waals surface area contributed by atoms with Gasteiger partial charge in [-0.2, -0.15) is 5.10 Å². The molecule has 0 saturated carbocycles. The fourth-order valence-electron chi connectivity index (χ4n) is 4.24. The second-order valence-corrected chi connectivity index (χ2v) is 7.87. The van der Waals surface area contributed by atoms with Gasteiger partial charge in [0.25, 0.3) is 0 Å². The number of pyridine rings is 2. The second kappa shape index (κ2) is 6.77. The van der Waals surface area contributed by atoms with Gasteiger partial charge < -0.3 is 10.4 Å². The van der Waals surface area contributed by atoms with Crippen LogP contribution in [0.4, 0.5) is 4.39 Å². The average molecular weight is 391 g/mol. The van der Waals surface area contributed by atoms with Crippen LogP contribution in [-0.4, -0.2) is 37.4 Å². The Kier molecular flexibility index (Phi) is 4.20. The summed E-state index contributed by atoms with van der Waals surface area (Å²) in [6.07, 6.45) is 3.87. The van der Waals surface area contributed by atoms with Crippen molar-refractivity contribution in [3.63, 3.8) is 0 Å². The normalized spacial score (nSPS) is 19.8. The molecule has 0 radical (unpaired) electrons. The van der Waals surface area contributed by atoms with Crippen molar-refractivity contribution in [2.45, 2.75) is 31.7 Å². The van der Waals surface area contributed by atoms with Crippen molar-refractivity contribution in [2.75, 3.05) is 6.54 Å². The topological polar surface area (TPSA) is 75.9 Å². The molecule has 148 valence electrons. The van der Waals surface area contributed by atoms with Gasteiger partial charge in [-0.25, -0.2) is 9.37 Å². The van der Waals surface area contributed by atoms with E-state index < -0.39 is 11.6 Å². The molecule has 2 N–H and O–H groups in total. The summed E-state index contributed by atoms with van der Waals surface area (Å²) >= 11 is 0. The summed E-state index contributed by atoms with van der Waals surface area (Å²) < 4.78 is 16.1. The van der Waals surface area contributed by atoms with Gasteiger partial charge in [-0.3, -0.25) is 9.67 Å².